The normalized spacial score (nSPS) is 12.4. The van der Waals surface area contributed by atoms with Crippen molar-refractivity contribution in [3.8, 4) is 5.75 Å². The Labute approximate surface area is 122 Å². The molecule has 2 N–H and O–H groups in total. The number of aromatic hydroxyl groups is 1. The number of benzene rings is 2. The van der Waals surface area contributed by atoms with Gasteiger partial charge in [-0.2, -0.15) is 0 Å². The molecule has 0 aliphatic heterocycles. The van der Waals surface area contributed by atoms with Crippen molar-refractivity contribution in [3.63, 3.8) is 0 Å². The molecule has 0 aliphatic carbocycles. The molecule has 3 heteroatoms. The summed E-state index contributed by atoms with van der Waals surface area (Å²) in [5.74, 6) is 0.326. The van der Waals surface area contributed by atoms with Gasteiger partial charge < -0.3 is 10.4 Å². The van der Waals surface area contributed by atoms with Gasteiger partial charge in [-0.25, -0.2) is 0 Å². The van der Waals surface area contributed by atoms with Crippen LogP contribution in [-0.4, -0.2) is 5.11 Å². The van der Waals surface area contributed by atoms with E-state index in [0.29, 0.717) is 12.3 Å². The minimum absolute atomic E-state index is 0.248. The van der Waals surface area contributed by atoms with Gasteiger partial charge >= 0.3 is 0 Å². The molecule has 2 aromatic carbocycles. The lowest BCUT2D eigenvalue weighted by atomic mass is 10.1. The highest BCUT2D eigenvalue weighted by atomic mass is 79.9. The van der Waals surface area contributed by atoms with Crippen molar-refractivity contribution >= 4 is 15.9 Å². The van der Waals surface area contributed by atoms with Crippen molar-refractivity contribution in [3.05, 3.63) is 63.6 Å². The molecule has 0 heterocycles. The lowest BCUT2D eigenvalue weighted by Gasteiger charge is -2.15. The van der Waals surface area contributed by atoms with Gasteiger partial charge in [-0.05, 0) is 37.6 Å². The molecule has 0 saturated carbocycles. The SMILES string of the molecule is Cc1cccc([C@@H](C)NCc2cc(Br)ccc2O)c1. The highest BCUT2D eigenvalue weighted by molar-refractivity contribution is 9.10. The molecule has 0 amide bonds. The zero-order chi connectivity index (χ0) is 13.8. The predicted octanol–water partition coefficient (Wildman–Crippen LogP) is 4.31. The first kappa shape index (κ1) is 14.1. The molecular weight excluding hydrogens is 302 g/mol. The van der Waals surface area contributed by atoms with Crippen LogP contribution in [0.1, 0.15) is 29.7 Å². The van der Waals surface area contributed by atoms with E-state index >= 15 is 0 Å². The molecule has 0 bridgehead atoms. The Bertz CT molecular complexity index is 568. The first-order valence-corrected chi connectivity index (χ1v) is 7.13. The zero-order valence-corrected chi connectivity index (χ0v) is 12.7. The monoisotopic (exact) mass is 319 g/mol. The second kappa shape index (κ2) is 6.22. The van der Waals surface area contributed by atoms with E-state index in [1.165, 1.54) is 11.1 Å². The Morgan fingerprint density at radius 2 is 2.00 bits per heavy atom. The van der Waals surface area contributed by atoms with Crippen molar-refractivity contribution in [2.75, 3.05) is 0 Å². The van der Waals surface area contributed by atoms with Gasteiger partial charge in [-0.3, -0.25) is 0 Å². The van der Waals surface area contributed by atoms with Crippen LogP contribution in [0.15, 0.2) is 46.9 Å². The van der Waals surface area contributed by atoms with Crippen LogP contribution in [-0.2, 0) is 6.54 Å². The summed E-state index contributed by atoms with van der Waals surface area (Å²) in [6.07, 6.45) is 0. The summed E-state index contributed by atoms with van der Waals surface area (Å²) in [7, 11) is 0. The van der Waals surface area contributed by atoms with Crippen LogP contribution < -0.4 is 5.32 Å². The van der Waals surface area contributed by atoms with Gasteiger partial charge in [0.05, 0.1) is 0 Å². The Balaban J connectivity index is 2.04. The second-order valence-electron chi connectivity index (χ2n) is 4.79. The molecule has 1 atom stereocenters. The van der Waals surface area contributed by atoms with Gasteiger partial charge in [-0.1, -0.05) is 45.8 Å². The lowest BCUT2D eigenvalue weighted by Crippen LogP contribution is -2.18. The summed E-state index contributed by atoms with van der Waals surface area (Å²) in [6.45, 7) is 4.86. The fourth-order valence-electron chi connectivity index (χ4n) is 2.02. The summed E-state index contributed by atoms with van der Waals surface area (Å²) in [6, 6.07) is 14.2. The van der Waals surface area contributed by atoms with Crippen molar-refractivity contribution in [2.24, 2.45) is 0 Å². The highest BCUT2D eigenvalue weighted by Gasteiger charge is 2.07. The van der Waals surface area contributed by atoms with Crippen LogP contribution in [0.4, 0.5) is 0 Å². The minimum atomic E-state index is 0.248. The molecular formula is C16H18BrNO. The van der Waals surface area contributed by atoms with Gasteiger partial charge in [0.2, 0.25) is 0 Å². The average Bonchev–Trinajstić information content (AvgIpc) is 2.39. The van der Waals surface area contributed by atoms with Gasteiger partial charge in [0, 0.05) is 22.6 Å². The Morgan fingerprint density at radius 1 is 1.21 bits per heavy atom. The number of phenolic OH excluding ortho intramolecular Hbond substituents is 1. The van der Waals surface area contributed by atoms with Crippen molar-refractivity contribution < 1.29 is 5.11 Å². The average molecular weight is 320 g/mol. The van der Waals surface area contributed by atoms with Crippen molar-refractivity contribution in [2.45, 2.75) is 26.4 Å². The molecule has 100 valence electrons. The zero-order valence-electron chi connectivity index (χ0n) is 11.2. The number of phenols is 1. The third-order valence-corrected chi connectivity index (χ3v) is 3.68. The number of rotatable bonds is 4. The fourth-order valence-corrected chi connectivity index (χ4v) is 2.42. The van der Waals surface area contributed by atoms with Crippen molar-refractivity contribution in [1.29, 1.82) is 0 Å². The van der Waals surface area contributed by atoms with Crippen LogP contribution in [0.2, 0.25) is 0 Å². The maximum atomic E-state index is 9.80. The number of nitrogens with one attached hydrogen (secondary N) is 1. The maximum absolute atomic E-state index is 9.80. The van der Waals surface area contributed by atoms with E-state index in [1.54, 1.807) is 6.07 Å². The molecule has 2 nitrogen and oxygen atoms in total. The lowest BCUT2D eigenvalue weighted by molar-refractivity contribution is 0.460. The molecule has 19 heavy (non-hydrogen) atoms. The third kappa shape index (κ3) is 3.82. The smallest absolute Gasteiger partial charge is 0.120 e. The van der Waals surface area contributed by atoms with Gasteiger partial charge in [0.25, 0.3) is 0 Å². The molecule has 0 fully saturated rings. The molecule has 2 aromatic rings. The summed E-state index contributed by atoms with van der Waals surface area (Å²) < 4.78 is 0.977. The van der Waals surface area contributed by atoms with Crippen LogP contribution in [0.3, 0.4) is 0 Å². The van der Waals surface area contributed by atoms with E-state index in [2.05, 4.69) is 59.4 Å². The van der Waals surface area contributed by atoms with E-state index in [4.69, 9.17) is 0 Å². The van der Waals surface area contributed by atoms with E-state index < -0.39 is 0 Å². The van der Waals surface area contributed by atoms with Gasteiger partial charge in [-0.15, -0.1) is 0 Å². The summed E-state index contributed by atoms with van der Waals surface area (Å²) in [4.78, 5) is 0. The first-order chi connectivity index (χ1) is 9.06. The molecule has 0 saturated heterocycles. The van der Waals surface area contributed by atoms with E-state index in [-0.39, 0.29) is 6.04 Å². The predicted molar refractivity (Wildman–Crippen MR) is 82.2 cm³/mol. The van der Waals surface area contributed by atoms with Crippen LogP contribution in [0.25, 0.3) is 0 Å². The molecule has 0 spiro atoms. The molecule has 0 unspecified atom stereocenters. The second-order valence-corrected chi connectivity index (χ2v) is 5.71. The topological polar surface area (TPSA) is 32.3 Å². The number of hydrogen-bond donors (Lipinski definition) is 2. The third-order valence-electron chi connectivity index (χ3n) is 3.18. The Kier molecular flexibility index (Phi) is 4.61. The van der Waals surface area contributed by atoms with Gasteiger partial charge in [0.15, 0.2) is 0 Å². The van der Waals surface area contributed by atoms with Crippen LogP contribution in [0, 0.1) is 6.92 Å². The molecule has 0 aromatic heterocycles. The Hall–Kier alpha value is -1.32. The quantitative estimate of drug-likeness (QED) is 0.879. The highest BCUT2D eigenvalue weighted by Crippen LogP contribution is 2.23. The summed E-state index contributed by atoms with van der Waals surface area (Å²) in [5.41, 5.74) is 3.42. The van der Waals surface area contributed by atoms with E-state index in [9.17, 15) is 5.11 Å². The Morgan fingerprint density at radius 3 is 2.74 bits per heavy atom. The van der Waals surface area contributed by atoms with Crippen LogP contribution in [0.5, 0.6) is 5.75 Å². The first-order valence-electron chi connectivity index (χ1n) is 6.33. The number of halogens is 1. The van der Waals surface area contributed by atoms with Gasteiger partial charge in [0.1, 0.15) is 5.75 Å². The number of hydrogen-bond acceptors (Lipinski definition) is 2. The number of aryl methyl sites for hydroxylation is 1. The van der Waals surface area contributed by atoms with E-state index in [1.807, 2.05) is 12.1 Å². The minimum Gasteiger partial charge on any atom is -0.508 e. The molecule has 0 radical (unpaired) electrons. The molecule has 0 aliphatic rings. The largest absolute Gasteiger partial charge is 0.508 e. The fraction of sp³-hybridized carbons (Fsp3) is 0.250. The standard InChI is InChI=1S/C16H18BrNO/c1-11-4-3-5-13(8-11)12(2)18-10-14-9-15(17)6-7-16(14)19/h3-9,12,18-19H,10H2,1-2H3/t12-/m1/s1. The summed E-state index contributed by atoms with van der Waals surface area (Å²) >= 11 is 3.42. The van der Waals surface area contributed by atoms with Crippen LogP contribution >= 0.6 is 15.9 Å². The maximum Gasteiger partial charge on any atom is 0.120 e. The molecule has 2 rings (SSSR count). The van der Waals surface area contributed by atoms with E-state index in [0.717, 1.165) is 10.0 Å². The van der Waals surface area contributed by atoms with Crippen molar-refractivity contribution in [1.82, 2.24) is 5.32 Å². The summed E-state index contributed by atoms with van der Waals surface area (Å²) in [5, 5.41) is 13.2.